The van der Waals surface area contributed by atoms with Gasteiger partial charge in [-0.1, -0.05) is 35.9 Å². The molecule has 1 aliphatic heterocycles. The highest BCUT2D eigenvalue weighted by atomic mass is 32.2. The summed E-state index contributed by atoms with van der Waals surface area (Å²) in [6.07, 6.45) is -1.16. The number of hydrogen-bond acceptors (Lipinski definition) is 6. The van der Waals surface area contributed by atoms with Crippen LogP contribution in [0.4, 0.5) is 10.1 Å². The molecule has 0 aliphatic carbocycles. The molecule has 1 N–H and O–H groups in total. The molecule has 0 aromatic heterocycles. The zero-order chi connectivity index (χ0) is 26.7. The first kappa shape index (κ1) is 26.4. The molecule has 1 fully saturated rings. The Balaban J connectivity index is 1.54. The third kappa shape index (κ3) is 5.55. The summed E-state index contributed by atoms with van der Waals surface area (Å²) >= 11 is 0. The van der Waals surface area contributed by atoms with E-state index in [0.717, 1.165) is 11.1 Å². The number of carbonyl (C=O) groups excluding carboxylic acids is 1. The molecule has 0 radical (unpaired) electrons. The Morgan fingerprint density at radius 3 is 2.41 bits per heavy atom. The molecular weight excluding hydrogens is 499 g/mol. The van der Waals surface area contributed by atoms with E-state index in [-0.39, 0.29) is 41.1 Å². The fourth-order valence-corrected chi connectivity index (χ4v) is 5.50. The van der Waals surface area contributed by atoms with E-state index in [9.17, 15) is 13.2 Å². The number of halogens is 1. The molecule has 1 amide bonds. The number of carbonyl (C=O) groups is 1. The maximum absolute atomic E-state index is 15.4. The van der Waals surface area contributed by atoms with Crippen molar-refractivity contribution in [1.82, 2.24) is 4.90 Å². The van der Waals surface area contributed by atoms with E-state index in [1.54, 1.807) is 17.0 Å². The smallest absolute Gasteiger partial charge is 0.265 e. The second kappa shape index (κ2) is 10.8. The zero-order valence-electron chi connectivity index (χ0n) is 21.0. The molecule has 8 nitrogen and oxygen atoms in total. The van der Waals surface area contributed by atoms with Crippen molar-refractivity contribution in [3.8, 4) is 11.5 Å². The zero-order valence-corrected chi connectivity index (χ0v) is 21.8. The summed E-state index contributed by atoms with van der Waals surface area (Å²) < 4.78 is 60.1. The molecule has 3 aromatic carbocycles. The molecule has 10 heteroatoms. The molecule has 0 unspecified atom stereocenters. The lowest BCUT2D eigenvalue weighted by Crippen LogP contribution is -2.32. The Bertz CT molecular complexity index is 1410. The maximum atomic E-state index is 15.4. The third-order valence-electron chi connectivity index (χ3n) is 6.27. The molecule has 2 atom stereocenters. The van der Waals surface area contributed by atoms with Gasteiger partial charge >= 0.3 is 0 Å². The van der Waals surface area contributed by atoms with Gasteiger partial charge in [0.2, 0.25) is 0 Å². The van der Waals surface area contributed by atoms with Gasteiger partial charge in [-0.05, 0) is 49.7 Å². The van der Waals surface area contributed by atoms with E-state index in [1.165, 1.54) is 44.6 Å². The largest absolute Gasteiger partial charge is 0.495 e. The second-order valence-electron chi connectivity index (χ2n) is 8.83. The Morgan fingerprint density at radius 2 is 1.68 bits per heavy atom. The van der Waals surface area contributed by atoms with Crippen LogP contribution in [0.2, 0.25) is 0 Å². The van der Waals surface area contributed by atoms with Crippen molar-refractivity contribution in [2.24, 2.45) is 0 Å². The number of nitrogens with one attached hydrogen (secondary N) is 1. The molecule has 1 heterocycles. The predicted octanol–water partition coefficient (Wildman–Crippen LogP) is 4.17. The number of aryl methyl sites for hydroxylation is 2. The summed E-state index contributed by atoms with van der Waals surface area (Å²) in [5, 5.41) is 0. The van der Waals surface area contributed by atoms with Crippen LogP contribution in [0.1, 0.15) is 21.5 Å². The van der Waals surface area contributed by atoms with E-state index in [4.69, 9.17) is 14.2 Å². The normalized spacial score (nSPS) is 17.5. The molecule has 1 aliphatic rings. The van der Waals surface area contributed by atoms with Crippen LogP contribution in [0.25, 0.3) is 0 Å². The summed E-state index contributed by atoms with van der Waals surface area (Å²) in [5.41, 5.74) is 2.14. The van der Waals surface area contributed by atoms with Crippen LogP contribution < -0.4 is 14.2 Å². The van der Waals surface area contributed by atoms with Gasteiger partial charge in [0.05, 0.1) is 25.9 Å². The summed E-state index contributed by atoms with van der Waals surface area (Å²) in [6, 6.07) is 15.9. The van der Waals surface area contributed by atoms with Crippen LogP contribution in [-0.4, -0.2) is 58.7 Å². The average Bonchev–Trinajstić information content (AvgIpc) is 3.30. The highest BCUT2D eigenvalue weighted by molar-refractivity contribution is 7.92. The van der Waals surface area contributed by atoms with Gasteiger partial charge in [0.15, 0.2) is 11.6 Å². The average molecular weight is 529 g/mol. The van der Waals surface area contributed by atoms with Crippen molar-refractivity contribution in [1.29, 1.82) is 0 Å². The molecule has 0 saturated carbocycles. The van der Waals surface area contributed by atoms with Crippen LogP contribution in [-0.2, 0) is 14.8 Å². The van der Waals surface area contributed by atoms with E-state index in [2.05, 4.69) is 4.72 Å². The topological polar surface area (TPSA) is 94.2 Å². The molecule has 196 valence electrons. The Labute approximate surface area is 216 Å². The minimum Gasteiger partial charge on any atom is -0.495 e. The van der Waals surface area contributed by atoms with Crippen LogP contribution in [0, 0.1) is 19.7 Å². The van der Waals surface area contributed by atoms with Crippen LogP contribution in [0.3, 0.4) is 0 Å². The van der Waals surface area contributed by atoms with Crippen molar-refractivity contribution in [2.75, 3.05) is 32.0 Å². The number of nitrogens with zero attached hydrogens (tertiary/aromatic N) is 1. The molecule has 1 saturated heterocycles. The van der Waals surface area contributed by atoms with Gasteiger partial charge in [0.25, 0.3) is 15.9 Å². The number of para-hydroxylation sites is 1. The molecule has 3 aromatic rings. The number of likely N-dealkylation sites (tertiary alicyclic amines) is 1. The fourth-order valence-electron chi connectivity index (χ4n) is 4.27. The second-order valence-corrected chi connectivity index (χ2v) is 10.5. The standard InChI is InChI=1S/C27H29FN2O6S/c1-17-12-13-18(2)19(14-17)27(31)30-15-23(35-4)24(16-30)36-22-10-7-8-20(26(22)28)29-37(32,33)25-11-6-5-9-21(25)34-3/h5-14,23-24,29H,15-16H2,1-4H3/t23-,24-/m1/s1. The van der Waals surface area contributed by atoms with Crippen LogP contribution in [0.15, 0.2) is 65.6 Å². The number of amides is 1. The van der Waals surface area contributed by atoms with Crippen LogP contribution >= 0.6 is 0 Å². The highest BCUT2D eigenvalue weighted by Gasteiger charge is 2.38. The third-order valence-corrected chi connectivity index (χ3v) is 7.68. The number of benzene rings is 3. The lowest BCUT2D eigenvalue weighted by atomic mass is 10.0. The number of sulfonamides is 1. The van der Waals surface area contributed by atoms with Crippen molar-refractivity contribution in [2.45, 2.75) is 31.0 Å². The van der Waals surface area contributed by atoms with Crippen LogP contribution in [0.5, 0.6) is 11.5 Å². The van der Waals surface area contributed by atoms with Crippen molar-refractivity contribution in [3.05, 3.63) is 83.2 Å². The quantitative estimate of drug-likeness (QED) is 0.472. The molecule has 0 bridgehead atoms. The highest BCUT2D eigenvalue weighted by Crippen LogP contribution is 2.31. The lowest BCUT2D eigenvalue weighted by Gasteiger charge is -2.20. The Morgan fingerprint density at radius 1 is 0.973 bits per heavy atom. The predicted molar refractivity (Wildman–Crippen MR) is 137 cm³/mol. The first-order chi connectivity index (χ1) is 17.6. The number of rotatable bonds is 8. The minimum atomic E-state index is -4.14. The molecule has 4 rings (SSSR count). The maximum Gasteiger partial charge on any atom is 0.265 e. The number of ether oxygens (including phenoxy) is 3. The monoisotopic (exact) mass is 528 g/mol. The Kier molecular flexibility index (Phi) is 7.70. The lowest BCUT2D eigenvalue weighted by molar-refractivity contribution is 0.0323. The number of hydrogen-bond donors (Lipinski definition) is 1. The fraction of sp³-hybridized carbons (Fsp3) is 0.296. The summed E-state index contributed by atoms with van der Waals surface area (Å²) in [5.74, 6) is -1.07. The summed E-state index contributed by atoms with van der Waals surface area (Å²) in [7, 11) is -1.29. The molecular formula is C27H29FN2O6S. The van der Waals surface area contributed by atoms with Gasteiger partial charge < -0.3 is 19.1 Å². The number of methoxy groups -OCH3 is 2. The van der Waals surface area contributed by atoms with Gasteiger partial charge in [-0.3, -0.25) is 9.52 Å². The van der Waals surface area contributed by atoms with Gasteiger partial charge in [0.1, 0.15) is 22.9 Å². The minimum absolute atomic E-state index is 0.126. The van der Waals surface area contributed by atoms with Gasteiger partial charge in [-0.2, -0.15) is 0 Å². The summed E-state index contributed by atoms with van der Waals surface area (Å²) in [6.45, 7) is 4.25. The van der Waals surface area contributed by atoms with Gasteiger partial charge in [0, 0.05) is 12.7 Å². The first-order valence-electron chi connectivity index (χ1n) is 11.6. The Hall–Kier alpha value is -3.63. The van der Waals surface area contributed by atoms with Crippen molar-refractivity contribution in [3.63, 3.8) is 0 Å². The van der Waals surface area contributed by atoms with E-state index in [1.807, 2.05) is 32.0 Å². The first-order valence-corrected chi connectivity index (χ1v) is 13.1. The van der Waals surface area contributed by atoms with E-state index in [0.29, 0.717) is 5.56 Å². The molecule has 0 spiro atoms. The van der Waals surface area contributed by atoms with Crippen molar-refractivity contribution < 1.29 is 31.8 Å². The SMILES string of the molecule is COc1ccccc1S(=O)(=O)Nc1cccc(O[C@@H]2CN(C(=O)c3cc(C)ccc3C)C[C@H]2OC)c1F. The number of anilines is 1. The summed E-state index contributed by atoms with van der Waals surface area (Å²) in [4.78, 5) is 14.7. The van der Waals surface area contributed by atoms with E-state index >= 15 is 4.39 Å². The van der Waals surface area contributed by atoms with Crippen molar-refractivity contribution >= 4 is 21.6 Å². The molecule has 37 heavy (non-hydrogen) atoms. The van der Waals surface area contributed by atoms with E-state index < -0.39 is 28.0 Å². The van der Waals surface area contributed by atoms with Gasteiger partial charge in [-0.15, -0.1) is 0 Å². The van der Waals surface area contributed by atoms with Gasteiger partial charge in [-0.25, -0.2) is 12.8 Å².